The third-order valence-electron chi connectivity index (χ3n) is 2.48. The number of rotatable bonds is 5. The van der Waals surface area contributed by atoms with E-state index in [4.69, 9.17) is 0 Å². The van der Waals surface area contributed by atoms with Crippen molar-refractivity contribution in [3.63, 3.8) is 0 Å². The van der Waals surface area contributed by atoms with E-state index in [1.165, 1.54) is 18.4 Å². The number of nitrogens with one attached hydrogen (secondary N) is 1. The SMILES string of the molecule is CCCCn1ccc([C@@H](C)NC)c1. The summed E-state index contributed by atoms with van der Waals surface area (Å²) in [4.78, 5) is 0. The highest BCUT2D eigenvalue weighted by Crippen LogP contribution is 2.12. The van der Waals surface area contributed by atoms with Crippen molar-refractivity contribution in [3.05, 3.63) is 24.0 Å². The Balaban J connectivity index is 2.53. The molecule has 74 valence electrons. The van der Waals surface area contributed by atoms with Crippen LogP contribution in [-0.4, -0.2) is 11.6 Å². The highest BCUT2D eigenvalue weighted by molar-refractivity contribution is 5.14. The quantitative estimate of drug-likeness (QED) is 0.737. The van der Waals surface area contributed by atoms with Crippen LogP contribution in [0.1, 0.15) is 38.3 Å². The highest BCUT2D eigenvalue weighted by atomic mass is 14.9. The van der Waals surface area contributed by atoms with Gasteiger partial charge in [-0.25, -0.2) is 0 Å². The van der Waals surface area contributed by atoms with Crippen molar-refractivity contribution in [2.45, 2.75) is 39.3 Å². The Bertz CT molecular complexity index is 240. The molecule has 0 aliphatic heterocycles. The van der Waals surface area contributed by atoms with Gasteiger partial charge >= 0.3 is 0 Å². The minimum atomic E-state index is 0.461. The van der Waals surface area contributed by atoms with Gasteiger partial charge < -0.3 is 9.88 Å². The zero-order chi connectivity index (χ0) is 9.68. The maximum absolute atomic E-state index is 3.24. The summed E-state index contributed by atoms with van der Waals surface area (Å²) in [5.74, 6) is 0. The van der Waals surface area contributed by atoms with Crippen molar-refractivity contribution in [2.75, 3.05) is 7.05 Å². The number of aromatic nitrogens is 1. The summed E-state index contributed by atoms with van der Waals surface area (Å²) in [6.45, 7) is 5.55. The monoisotopic (exact) mass is 180 g/mol. The Morgan fingerprint density at radius 2 is 2.31 bits per heavy atom. The van der Waals surface area contributed by atoms with E-state index in [0.29, 0.717) is 6.04 Å². The van der Waals surface area contributed by atoms with Crippen molar-refractivity contribution in [3.8, 4) is 0 Å². The molecule has 1 N–H and O–H groups in total. The number of unbranched alkanes of at least 4 members (excludes halogenated alkanes) is 1. The second-order valence-electron chi connectivity index (χ2n) is 3.55. The molecule has 0 aliphatic carbocycles. The lowest BCUT2D eigenvalue weighted by molar-refractivity contribution is 0.620. The van der Waals surface area contributed by atoms with Gasteiger partial charge in [0.15, 0.2) is 0 Å². The minimum absolute atomic E-state index is 0.461. The van der Waals surface area contributed by atoms with Crippen LogP contribution in [0, 0.1) is 0 Å². The summed E-state index contributed by atoms with van der Waals surface area (Å²) in [6, 6.07) is 2.65. The molecule has 0 fully saturated rings. The van der Waals surface area contributed by atoms with Crippen molar-refractivity contribution in [1.82, 2.24) is 9.88 Å². The first-order chi connectivity index (χ1) is 6.27. The van der Waals surface area contributed by atoms with E-state index in [2.05, 4.69) is 42.2 Å². The molecular weight excluding hydrogens is 160 g/mol. The van der Waals surface area contributed by atoms with Gasteiger partial charge in [0, 0.05) is 25.0 Å². The average molecular weight is 180 g/mol. The van der Waals surface area contributed by atoms with E-state index in [1.807, 2.05) is 7.05 Å². The lowest BCUT2D eigenvalue weighted by Gasteiger charge is -2.06. The third kappa shape index (κ3) is 2.88. The summed E-state index contributed by atoms with van der Waals surface area (Å²) < 4.78 is 2.27. The van der Waals surface area contributed by atoms with Gasteiger partial charge in [-0.05, 0) is 32.0 Å². The standard InChI is InChI=1S/C11H20N2/c1-4-5-7-13-8-6-11(9-13)10(2)12-3/h6,8-10,12H,4-5,7H2,1-3H3/t10-/m1/s1. The van der Waals surface area contributed by atoms with Gasteiger partial charge in [-0.1, -0.05) is 13.3 Å². The first-order valence-corrected chi connectivity index (χ1v) is 5.11. The van der Waals surface area contributed by atoms with Crippen LogP contribution in [0.5, 0.6) is 0 Å². The van der Waals surface area contributed by atoms with Gasteiger partial charge in [-0.2, -0.15) is 0 Å². The van der Waals surface area contributed by atoms with E-state index < -0.39 is 0 Å². The van der Waals surface area contributed by atoms with E-state index in [-0.39, 0.29) is 0 Å². The molecule has 1 aromatic heterocycles. The van der Waals surface area contributed by atoms with E-state index in [1.54, 1.807) is 0 Å². The van der Waals surface area contributed by atoms with Crippen molar-refractivity contribution in [1.29, 1.82) is 0 Å². The normalized spacial score (nSPS) is 13.2. The Kier molecular flexibility index (Phi) is 4.03. The maximum atomic E-state index is 3.24. The molecule has 0 bridgehead atoms. The maximum Gasteiger partial charge on any atom is 0.0304 e. The van der Waals surface area contributed by atoms with Gasteiger partial charge in [0.05, 0.1) is 0 Å². The fourth-order valence-electron chi connectivity index (χ4n) is 1.36. The molecule has 13 heavy (non-hydrogen) atoms. The van der Waals surface area contributed by atoms with Crippen molar-refractivity contribution in [2.24, 2.45) is 0 Å². The van der Waals surface area contributed by atoms with Crippen LogP contribution in [0.25, 0.3) is 0 Å². The van der Waals surface area contributed by atoms with Gasteiger partial charge in [0.25, 0.3) is 0 Å². The molecule has 0 spiro atoms. The largest absolute Gasteiger partial charge is 0.354 e. The molecule has 0 aromatic carbocycles. The summed E-state index contributed by atoms with van der Waals surface area (Å²) >= 11 is 0. The van der Waals surface area contributed by atoms with E-state index in [9.17, 15) is 0 Å². The number of aryl methyl sites for hydroxylation is 1. The Labute approximate surface area is 81.0 Å². The molecule has 0 unspecified atom stereocenters. The molecule has 2 nitrogen and oxygen atoms in total. The van der Waals surface area contributed by atoms with Gasteiger partial charge in [-0.15, -0.1) is 0 Å². The number of nitrogens with zero attached hydrogens (tertiary/aromatic N) is 1. The molecule has 1 atom stereocenters. The first kappa shape index (κ1) is 10.3. The van der Waals surface area contributed by atoms with Gasteiger partial charge in [-0.3, -0.25) is 0 Å². The first-order valence-electron chi connectivity index (χ1n) is 5.11. The van der Waals surface area contributed by atoms with Crippen LogP contribution in [-0.2, 0) is 6.54 Å². The molecule has 2 heteroatoms. The van der Waals surface area contributed by atoms with Crippen LogP contribution in [0.15, 0.2) is 18.5 Å². The van der Waals surface area contributed by atoms with Crippen LogP contribution >= 0.6 is 0 Å². The lowest BCUT2D eigenvalue weighted by Crippen LogP contribution is -2.11. The fourth-order valence-corrected chi connectivity index (χ4v) is 1.36. The molecule has 0 saturated heterocycles. The third-order valence-corrected chi connectivity index (χ3v) is 2.48. The van der Waals surface area contributed by atoms with Crippen LogP contribution < -0.4 is 5.32 Å². The number of hydrogen-bond acceptors (Lipinski definition) is 1. The van der Waals surface area contributed by atoms with Crippen molar-refractivity contribution < 1.29 is 0 Å². The topological polar surface area (TPSA) is 17.0 Å². The Morgan fingerprint density at radius 1 is 1.54 bits per heavy atom. The minimum Gasteiger partial charge on any atom is -0.354 e. The Morgan fingerprint density at radius 3 is 2.92 bits per heavy atom. The summed E-state index contributed by atoms with van der Waals surface area (Å²) in [6.07, 6.45) is 6.92. The van der Waals surface area contributed by atoms with Crippen LogP contribution in [0.2, 0.25) is 0 Å². The van der Waals surface area contributed by atoms with Gasteiger partial charge in [0.2, 0.25) is 0 Å². The Hall–Kier alpha value is -0.760. The zero-order valence-corrected chi connectivity index (χ0v) is 8.88. The summed E-state index contributed by atoms with van der Waals surface area (Å²) in [5, 5.41) is 3.24. The summed E-state index contributed by atoms with van der Waals surface area (Å²) in [7, 11) is 1.99. The van der Waals surface area contributed by atoms with E-state index in [0.717, 1.165) is 6.54 Å². The number of hydrogen-bond donors (Lipinski definition) is 1. The zero-order valence-electron chi connectivity index (χ0n) is 8.88. The van der Waals surface area contributed by atoms with Crippen LogP contribution in [0.4, 0.5) is 0 Å². The van der Waals surface area contributed by atoms with E-state index >= 15 is 0 Å². The highest BCUT2D eigenvalue weighted by Gasteiger charge is 2.03. The molecule has 0 saturated carbocycles. The molecule has 0 radical (unpaired) electrons. The van der Waals surface area contributed by atoms with Crippen LogP contribution in [0.3, 0.4) is 0 Å². The summed E-state index contributed by atoms with van der Waals surface area (Å²) in [5.41, 5.74) is 1.37. The molecular formula is C11H20N2. The smallest absolute Gasteiger partial charge is 0.0304 e. The van der Waals surface area contributed by atoms with Crippen molar-refractivity contribution >= 4 is 0 Å². The average Bonchev–Trinajstić information content (AvgIpc) is 2.62. The lowest BCUT2D eigenvalue weighted by atomic mass is 10.2. The molecule has 1 heterocycles. The second kappa shape index (κ2) is 5.07. The molecule has 0 aliphatic rings. The predicted octanol–water partition coefficient (Wildman–Crippen LogP) is 2.57. The molecule has 1 aromatic rings. The predicted molar refractivity (Wildman–Crippen MR) is 56.8 cm³/mol. The second-order valence-corrected chi connectivity index (χ2v) is 3.55. The molecule has 1 rings (SSSR count). The fraction of sp³-hybridized carbons (Fsp3) is 0.636. The van der Waals surface area contributed by atoms with Gasteiger partial charge in [0.1, 0.15) is 0 Å². The molecule has 0 amide bonds.